The molecule has 1 heterocycles. The molecule has 1 aliphatic rings. The predicted octanol–water partition coefficient (Wildman–Crippen LogP) is 0.519. The van der Waals surface area contributed by atoms with Gasteiger partial charge in [-0.25, -0.2) is 0 Å². The number of anilines is 1. The molecule has 1 N–H and O–H groups in total. The number of nitrogens with zero attached hydrogens (tertiary/aromatic N) is 2. The van der Waals surface area contributed by atoms with Gasteiger partial charge in [-0.15, -0.1) is 0 Å². The first kappa shape index (κ1) is 18.2. The first-order valence-electron chi connectivity index (χ1n) is 7.38. The molecule has 2 rings (SSSR count). The molecule has 1 fully saturated rings. The quantitative estimate of drug-likeness (QED) is 0.340. The molecule has 0 bridgehead atoms. The second-order valence-electron chi connectivity index (χ2n) is 6.17. The number of piperidine rings is 1. The Hall–Kier alpha value is -0.880. The number of para-hydroxylation sites is 1. The van der Waals surface area contributed by atoms with Crippen molar-refractivity contribution < 1.29 is 28.5 Å². The highest BCUT2D eigenvalue weighted by atomic mass is 127. The van der Waals surface area contributed by atoms with E-state index in [0.29, 0.717) is 12.0 Å². The molecule has 0 aliphatic carbocycles. The molecule has 4 heteroatoms. The highest BCUT2D eigenvalue weighted by Gasteiger charge is 2.38. The Kier molecular flexibility index (Phi) is 6.87. The van der Waals surface area contributed by atoms with Crippen LogP contribution in [0.25, 0.3) is 0 Å². The largest absolute Gasteiger partial charge is 1.00 e. The molecule has 116 valence electrons. The van der Waals surface area contributed by atoms with Crippen molar-refractivity contribution in [2.75, 3.05) is 25.6 Å². The van der Waals surface area contributed by atoms with Crippen molar-refractivity contribution in [2.24, 2.45) is 11.0 Å². The van der Waals surface area contributed by atoms with Crippen LogP contribution in [-0.2, 0) is 0 Å². The van der Waals surface area contributed by atoms with E-state index in [2.05, 4.69) is 38.0 Å². The van der Waals surface area contributed by atoms with Gasteiger partial charge < -0.3 is 28.5 Å². The normalized spacial score (nSPS) is 30.5. The first-order valence-corrected chi connectivity index (χ1v) is 7.38. The van der Waals surface area contributed by atoms with Gasteiger partial charge in [0.05, 0.1) is 37.6 Å². The van der Waals surface area contributed by atoms with Gasteiger partial charge in [0.2, 0.25) is 0 Å². The van der Waals surface area contributed by atoms with Crippen molar-refractivity contribution in [3.63, 3.8) is 0 Å². The first-order chi connectivity index (χ1) is 9.55. The van der Waals surface area contributed by atoms with Crippen molar-refractivity contribution in [3.8, 4) is 0 Å². The van der Waals surface area contributed by atoms with Crippen LogP contribution in [0.2, 0.25) is 0 Å². The second kappa shape index (κ2) is 7.94. The Labute approximate surface area is 145 Å². The van der Waals surface area contributed by atoms with E-state index in [1.54, 1.807) is 0 Å². The number of hydrogen-bond acceptors (Lipinski definition) is 2. The molecule has 0 aromatic heterocycles. The lowest BCUT2D eigenvalue weighted by Crippen LogP contribution is -3.00. The van der Waals surface area contributed by atoms with Crippen LogP contribution in [0.1, 0.15) is 20.3 Å². The number of likely N-dealkylation sites (N-methyl/N-ethyl adjacent to an activating group) is 1. The van der Waals surface area contributed by atoms with Crippen LogP contribution in [0.5, 0.6) is 0 Å². The zero-order chi connectivity index (χ0) is 14.6. The van der Waals surface area contributed by atoms with Gasteiger partial charge in [-0.05, 0) is 25.1 Å². The van der Waals surface area contributed by atoms with E-state index in [-0.39, 0.29) is 24.0 Å². The minimum Gasteiger partial charge on any atom is -1.00 e. The summed E-state index contributed by atoms with van der Waals surface area (Å²) in [7, 11) is 2.32. The van der Waals surface area contributed by atoms with E-state index in [0.717, 1.165) is 29.7 Å². The van der Waals surface area contributed by atoms with Crippen LogP contribution in [0, 0.1) is 5.92 Å². The zero-order valence-corrected chi connectivity index (χ0v) is 15.4. The van der Waals surface area contributed by atoms with Crippen LogP contribution in [0.15, 0.2) is 48.1 Å². The fourth-order valence-electron chi connectivity index (χ4n) is 2.99. The Morgan fingerprint density at radius 3 is 2.62 bits per heavy atom. The van der Waals surface area contributed by atoms with E-state index < -0.39 is 0 Å². The molecule has 1 aromatic carbocycles. The summed E-state index contributed by atoms with van der Waals surface area (Å²) in [6.45, 7) is 10.6. The Morgan fingerprint density at radius 1 is 1.33 bits per heavy atom. The summed E-state index contributed by atoms with van der Waals surface area (Å²) in [6.07, 6.45) is 3.08. The second-order valence-corrected chi connectivity index (χ2v) is 6.17. The average Bonchev–Trinajstić information content (AvgIpc) is 2.43. The van der Waals surface area contributed by atoms with E-state index in [9.17, 15) is 0 Å². The maximum absolute atomic E-state index is 4.64. The van der Waals surface area contributed by atoms with Crippen LogP contribution >= 0.6 is 0 Å². The van der Waals surface area contributed by atoms with E-state index in [4.69, 9.17) is 0 Å². The molecule has 0 radical (unpaired) electrons. The number of likely N-dealkylation sites (tertiary alicyclic amines) is 1. The summed E-state index contributed by atoms with van der Waals surface area (Å²) in [5.74, 6) is 0.507. The molecule has 3 atom stereocenters. The highest BCUT2D eigenvalue weighted by Crippen LogP contribution is 2.26. The van der Waals surface area contributed by atoms with Gasteiger partial charge in [0.15, 0.2) is 0 Å². The lowest BCUT2D eigenvalue weighted by atomic mass is 9.90. The molecular formula is C17H26IN3. The van der Waals surface area contributed by atoms with E-state index in [1.807, 2.05) is 36.4 Å². The number of hydrogen-bond donors (Lipinski definition) is 1. The van der Waals surface area contributed by atoms with Gasteiger partial charge >= 0.3 is 0 Å². The van der Waals surface area contributed by atoms with E-state index >= 15 is 0 Å². The van der Waals surface area contributed by atoms with Crippen molar-refractivity contribution in [2.45, 2.75) is 26.3 Å². The summed E-state index contributed by atoms with van der Waals surface area (Å²) >= 11 is 0. The Balaban J connectivity index is 0.00000220. The fraction of sp³-hybridized carbons (Fsp3) is 0.471. The summed E-state index contributed by atoms with van der Waals surface area (Å²) < 4.78 is 1.06. The fourth-order valence-corrected chi connectivity index (χ4v) is 2.99. The standard InChI is InChI=1S/C17H26N3.HI/c1-5-11-20(4)13-14(2)17(12-15(20)3)19-18-16-9-7-6-8-10-16;/h5-10,14-15,18H,1,11-13H2,2-4H3;1H/q+1;/p-1. The maximum Gasteiger partial charge on any atom is 0.0971 e. The molecule has 3 unspecified atom stereocenters. The third-order valence-electron chi connectivity index (χ3n) is 4.48. The molecule has 0 spiro atoms. The number of halogens is 1. The highest BCUT2D eigenvalue weighted by molar-refractivity contribution is 5.88. The summed E-state index contributed by atoms with van der Waals surface area (Å²) in [4.78, 5) is 0. The summed E-state index contributed by atoms with van der Waals surface area (Å²) in [6, 6.07) is 10.7. The van der Waals surface area contributed by atoms with Crippen molar-refractivity contribution >= 4 is 11.4 Å². The minimum absolute atomic E-state index is 0. The van der Waals surface area contributed by atoms with Gasteiger partial charge in [0, 0.05) is 12.3 Å². The zero-order valence-electron chi connectivity index (χ0n) is 13.2. The van der Waals surface area contributed by atoms with Crippen LogP contribution in [0.3, 0.4) is 0 Å². The number of rotatable bonds is 4. The molecule has 0 amide bonds. The van der Waals surface area contributed by atoms with Crippen LogP contribution < -0.4 is 29.4 Å². The smallest absolute Gasteiger partial charge is 0.0971 e. The molecule has 1 saturated heterocycles. The molecule has 1 aliphatic heterocycles. The van der Waals surface area contributed by atoms with E-state index in [1.165, 1.54) is 5.71 Å². The van der Waals surface area contributed by atoms with Gasteiger partial charge in [-0.1, -0.05) is 31.7 Å². The van der Waals surface area contributed by atoms with Crippen molar-refractivity contribution in [3.05, 3.63) is 43.0 Å². The maximum atomic E-state index is 4.64. The van der Waals surface area contributed by atoms with Crippen LogP contribution in [0.4, 0.5) is 5.69 Å². The molecule has 3 nitrogen and oxygen atoms in total. The topological polar surface area (TPSA) is 24.4 Å². The minimum atomic E-state index is 0. The molecule has 1 aromatic rings. The number of benzene rings is 1. The number of quaternary nitrogens is 1. The summed E-state index contributed by atoms with van der Waals surface area (Å²) in [5.41, 5.74) is 5.51. The third-order valence-corrected chi connectivity index (χ3v) is 4.48. The predicted molar refractivity (Wildman–Crippen MR) is 86.9 cm³/mol. The lowest BCUT2D eigenvalue weighted by molar-refractivity contribution is -0.930. The van der Waals surface area contributed by atoms with Crippen LogP contribution in [-0.4, -0.2) is 36.4 Å². The summed E-state index contributed by atoms with van der Waals surface area (Å²) in [5, 5.41) is 4.64. The third kappa shape index (κ3) is 4.54. The SMILES string of the molecule is C=CC[N+]1(C)CC(C)C(=NNc2ccccc2)CC1C.[I-]. The molecule has 21 heavy (non-hydrogen) atoms. The monoisotopic (exact) mass is 399 g/mol. The average molecular weight is 399 g/mol. The van der Waals surface area contributed by atoms with Gasteiger partial charge in [0.25, 0.3) is 0 Å². The number of nitrogens with one attached hydrogen (secondary N) is 1. The Morgan fingerprint density at radius 2 is 2.00 bits per heavy atom. The Bertz CT molecular complexity index is 486. The van der Waals surface area contributed by atoms with Gasteiger partial charge in [0.1, 0.15) is 0 Å². The van der Waals surface area contributed by atoms with Crippen molar-refractivity contribution in [1.29, 1.82) is 0 Å². The van der Waals surface area contributed by atoms with Crippen molar-refractivity contribution in [1.82, 2.24) is 0 Å². The number of hydrazone groups is 1. The van der Waals surface area contributed by atoms with Gasteiger partial charge in [-0.3, -0.25) is 5.43 Å². The molecule has 0 saturated carbocycles. The lowest BCUT2D eigenvalue weighted by Gasteiger charge is -2.45. The molecular weight excluding hydrogens is 373 g/mol. The van der Waals surface area contributed by atoms with Gasteiger partial charge in [-0.2, -0.15) is 5.10 Å².